The molecule has 13 heteroatoms. The van der Waals surface area contributed by atoms with Crippen molar-refractivity contribution >= 4 is 23.9 Å². The number of nitrogens with zero attached hydrogens (tertiary/aromatic N) is 2. The number of hydrogen-bond donors (Lipinski definition) is 4. The molecule has 120 valence electrons. The van der Waals surface area contributed by atoms with Gasteiger partial charge in [-0.05, 0) is 0 Å². The van der Waals surface area contributed by atoms with Crippen LogP contribution in [0.1, 0.15) is 0 Å². The van der Waals surface area contributed by atoms with Crippen LogP contribution in [0.25, 0.3) is 0 Å². The normalized spacial score (nSPS) is 9.30. The van der Waals surface area contributed by atoms with Crippen molar-refractivity contribution in [3.63, 3.8) is 0 Å². The zero-order valence-corrected chi connectivity index (χ0v) is 18.0. The van der Waals surface area contributed by atoms with Crippen LogP contribution < -0.4 is 59.1 Å². The van der Waals surface area contributed by atoms with Crippen LogP contribution in [0.4, 0.5) is 0 Å². The van der Waals surface area contributed by atoms with Crippen LogP contribution in [-0.2, 0) is 36.2 Å². The zero-order valence-electron chi connectivity index (χ0n) is 12.9. The molecule has 0 saturated carbocycles. The predicted molar refractivity (Wildman–Crippen MR) is 63.4 cm³/mol. The third-order valence-corrected chi connectivity index (χ3v) is 2.17. The summed E-state index contributed by atoms with van der Waals surface area (Å²) in [7, 11) is 0. The molecule has 0 amide bonds. The minimum absolute atomic E-state index is 0. The van der Waals surface area contributed by atoms with Gasteiger partial charge >= 0.3 is 100 Å². The van der Waals surface area contributed by atoms with Crippen LogP contribution >= 0.6 is 0 Å². The van der Waals surface area contributed by atoms with E-state index in [2.05, 4.69) is 0 Å². The molecular formula is C10H16FeN2Na2O8+4. The number of carbonyl (C=O) groups is 4. The van der Waals surface area contributed by atoms with Gasteiger partial charge in [0.05, 0.1) is 26.2 Å². The summed E-state index contributed by atoms with van der Waals surface area (Å²) < 4.78 is 0. The number of carboxylic acids is 4. The predicted octanol–water partition coefficient (Wildman–Crippen LogP) is -8.07. The van der Waals surface area contributed by atoms with E-state index >= 15 is 0 Å². The minimum atomic E-state index is -1.23. The Labute approximate surface area is 187 Å². The van der Waals surface area contributed by atoms with Crippen LogP contribution in [0.2, 0.25) is 0 Å². The van der Waals surface area contributed by atoms with Gasteiger partial charge in [0, 0.05) is 13.1 Å². The van der Waals surface area contributed by atoms with Gasteiger partial charge in [0.25, 0.3) is 0 Å². The summed E-state index contributed by atoms with van der Waals surface area (Å²) in [6.45, 7) is -2.25. The molecule has 4 N–H and O–H groups in total. The van der Waals surface area contributed by atoms with E-state index in [1.54, 1.807) is 0 Å². The molecule has 0 heterocycles. The molecule has 0 aromatic rings. The summed E-state index contributed by atoms with van der Waals surface area (Å²) >= 11 is 0. The summed E-state index contributed by atoms with van der Waals surface area (Å²) in [6, 6.07) is 0. The van der Waals surface area contributed by atoms with Crippen molar-refractivity contribution in [1.29, 1.82) is 0 Å². The van der Waals surface area contributed by atoms with Gasteiger partial charge in [-0.2, -0.15) is 0 Å². The first-order chi connectivity index (χ1) is 9.20. The number of hydrogen-bond acceptors (Lipinski definition) is 6. The molecule has 0 unspecified atom stereocenters. The van der Waals surface area contributed by atoms with E-state index in [1.165, 1.54) is 0 Å². The Kier molecular flexibility index (Phi) is 23.2. The van der Waals surface area contributed by atoms with E-state index in [0.717, 1.165) is 9.80 Å². The maximum atomic E-state index is 10.6. The maximum Gasteiger partial charge on any atom is 2.00 e. The number of carboxylic acid groups (broad SMARTS) is 4. The fourth-order valence-electron chi connectivity index (χ4n) is 1.48. The Morgan fingerprint density at radius 3 is 0.870 bits per heavy atom. The van der Waals surface area contributed by atoms with Crippen molar-refractivity contribution in [3.8, 4) is 0 Å². The van der Waals surface area contributed by atoms with Gasteiger partial charge < -0.3 is 20.4 Å². The van der Waals surface area contributed by atoms with Crippen molar-refractivity contribution in [2.75, 3.05) is 39.3 Å². The van der Waals surface area contributed by atoms with E-state index in [0.29, 0.717) is 0 Å². The molecule has 0 aliphatic carbocycles. The monoisotopic (exact) mass is 394 g/mol. The Balaban J connectivity index is -0.000000602. The Morgan fingerprint density at radius 1 is 0.565 bits per heavy atom. The molecule has 0 aromatic carbocycles. The van der Waals surface area contributed by atoms with Crippen LogP contribution in [0.3, 0.4) is 0 Å². The molecule has 0 radical (unpaired) electrons. The van der Waals surface area contributed by atoms with Crippen LogP contribution in [0, 0.1) is 0 Å². The van der Waals surface area contributed by atoms with Crippen molar-refractivity contribution in [3.05, 3.63) is 0 Å². The second-order valence-electron chi connectivity index (χ2n) is 4.00. The first-order valence-electron chi connectivity index (χ1n) is 5.52. The largest absolute Gasteiger partial charge is 2.00 e. The molecule has 23 heavy (non-hydrogen) atoms. The average molecular weight is 394 g/mol. The summed E-state index contributed by atoms with van der Waals surface area (Å²) in [4.78, 5) is 44.4. The molecular weight excluding hydrogens is 378 g/mol. The van der Waals surface area contributed by atoms with Crippen LogP contribution in [0.15, 0.2) is 0 Å². The topological polar surface area (TPSA) is 156 Å². The minimum Gasteiger partial charge on any atom is -0.480 e. The van der Waals surface area contributed by atoms with Crippen molar-refractivity contribution in [2.24, 2.45) is 0 Å². The van der Waals surface area contributed by atoms with Gasteiger partial charge in [-0.1, -0.05) is 0 Å². The molecule has 0 aromatic heterocycles. The fourth-order valence-corrected chi connectivity index (χ4v) is 1.48. The van der Waals surface area contributed by atoms with E-state index in [-0.39, 0.29) is 89.3 Å². The molecule has 0 aliphatic heterocycles. The molecule has 0 saturated heterocycles. The number of rotatable bonds is 11. The maximum absolute atomic E-state index is 10.6. The summed E-state index contributed by atoms with van der Waals surface area (Å²) in [6.07, 6.45) is 0. The van der Waals surface area contributed by atoms with E-state index in [9.17, 15) is 19.2 Å². The molecule has 0 aliphatic rings. The van der Waals surface area contributed by atoms with Gasteiger partial charge in [-0.15, -0.1) is 0 Å². The third-order valence-electron chi connectivity index (χ3n) is 2.17. The van der Waals surface area contributed by atoms with Crippen LogP contribution in [-0.4, -0.2) is 93.4 Å². The Bertz CT molecular complexity index is 331. The third kappa shape index (κ3) is 20.3. The summed E-state index contributed by atoms with van der Waals surface area (Å²) in [5.74, 6) is -4.91. The smallest absolute Gasteiger partial charge is 0.480 e. The van der Waals surface area contributed by atoms with Gasteiger partial charge in [0.15, 0.2) is 0 Å². The fraction of sp³-hybridized carbons (Fsp3) is 0.600. The second kappa shape index (κ2) is 17.2. The second-order valence-corrected chi connectivity index (χ2v) is 4.00. The van der Waals surface area contributed by atoms with Crippen molar-refractivity contribution < 1.29 is 116 Å². The van der Waals surface area contributed by atoms with E-state index in [1.807, 2.05) is 0 Å². The van der Waals surface area contributed by atoms with Crippen molar-refractivity contribution in [1.82, 2.24) is 9.80 Å². The van der Waals surface area contributed by atoms with Gasteiger partial charge in [-0.3, -0.25) is 29.0 Å². The molecule has 10 nitrogen and oxygen atoms in total. The molecule has 0 rings (SSSR count). The first-order valence-corrected chi connectivity index (χ1v) is 5.52. The quantitative estimate of drug-likeness (QED) is 0.248. The summed E-state index contributed by atoms with van der Waals surface area (Å²) in [5.41, 5.74) is 0. The van der Waals surface area contributed by atoms with Gasteiger partial charge in [0.1, 0.15) is 0 Å². The molecule has 0 bridgehead atoms. The first kappa shape index (κ1) is 31.1. The number of aliphatic carboxylic acids is 4. The molecule has 0 atom stereocenters. The van der Waals surface area contributed by atoms with Crippen LogP contribution in [0.5, 0.6) is 0 Å². The molecule has 0 spiro atoms. The van der Waals surface area contributed by atoms with E-state index in [4.69, 9.17) is 20.4 Å². The Hall–Kier alpha value is 0.319. The Morgan fingerprint density at radius 2 is 0.739 bits per heavy atom. The van der Waals surface area contributed by atoms with Crippen molar-refractivity contribution in [2.45, 2.75) is 0 Å². The average Bonchev–Trinajstić information content (AvgIpc) is 2.22. The summed E-state index contributed by atoms with van der Waals surface area (Å²) in [5, 5.41) is 34.5. The van der Waals surface area contributed by atoms with Gasteiger partial charge in [0.2, 0.25) is 0 Å². The SMILES string of the molecule is O=C(O)CN(CCN(CC(=O)O)CC(=O)O)CC(=O)O.[Fe+2].[Na+].[Na+]. The van der Waals surface area contributed by atoms with E-state index < -0.39 is 50.1 Å². The molecule has 0 fully saturated rings. The standard InChI is InChI=1S/C10H16N2O8.Fe.2Na/c13-7(14)3-11(4-8(15)16)1-2-12(5-9(17)18)6-10(19)20;;;/h1-6H2,(H,13,14)(H,15,16)(H,17,18)(H,19,20);;;/q;+2;2*+1. The van der Waals surface area contributed by atoms with Gasteiger partial charge in [-0.25, -0.2) is 0 Å². The zero-order chi connectivity index (χ0) is 15.7.